The van der Waals surface area contributed by atoms with Crippen molar-refractivity contribution in [1.29, 1.82) is 0 Å². The van der Waals surface area contributed by atoms with Gasteiger partial charge in [-0.25, -0.2) is 0 Å². The second kappa shape index (κ2) is 6.44. The van der Waals surface area contributed by atoms with Crippen molar-refractivity contribution in [3.05, 3.63) is 0 Å². The van der Waals surface area contributed by atoms with Gasteiger partial charge in [-0.15, -0.1) is 0 Å². The third-order valence-electron chi connectivity index (χ3n) is 2.31. The highest BCUT2D eigenvalue weighted by Gasteiger charge is 2.17. The Bertz CT molecular complexity index is 250. The van der Waals surface area contributed by atoms with E-state index in [9.17, 15) is 9.59 Å². The second-order valence-electron chi connectivity index (χ2n) is 3.78. The smallest absolute Gasteiger partial charge is 0.325 e. The van der Waals surface area contributed by atoms with E-state index >= 15 is 0 Å². The van der Waals surface area contributed by atoms with Crippen LogP contribution in [0.1, 0.15) is 19.8 Å². The van der Waals surface area contributed by atoms with E-state index in [0.717, 1.165) is 19.4 Å². The van der Waals surface area contributed by atoms with E-state index in [4.69, 9.17) is 14.6 Å². The van der Waals surface area contributed by atoms with Crippen molar-refractivity contribution in [3.8, 4) is 0 Å². The molecule has 1 amide bonds. The van der Waals surface area contributed by atoms with Crippen LogP contribution in [0.15, 0.2) is 0 Å². The molecule has 6 heteroatoms. The highest BCUT2D eigenvalue weighted by atomic mass is 16.5. The minimum absolute atomic E-state index is 0.0738. The summed E-state index contributed by atoms with van der Waals surface area (Å²) >= 11 is 0. The van der Waals surface area contributed by atoms with Gasteiger partial charge < -0.3 is 19.9 Å². The number of hydrogen-bond donors (Lipinski definition) is 2. The molecule has 2 N–H and O–H groups in total. The van der Waals surface area contributed by atoms with Crippen LogP contribution < -0.4 is 5.32 Å². The van der Waals surface area contributed by atoms with Crippen LogP contribution in [0.5, 0.6) is 0 Å². The van der Waals surface area contributed by atoms with Crippen molar-refractivity contribution in [2.24, 2.45) is 0 Å². The standard InChI is InChI=1S/C10H17NO5/c1-7(10(13)14)11-9(12)6-15-5-8-3-2-4-16-8/h7-8H,2-6H2,1H3,(H,11,12)(H,13,14)/t7-,8?/m0/s1. The number of amides is 1. The molecule has 0 aromatic rings. The zero-order chi connectivity index (χ0) is 12.0. The molecule has 1 rings (SSSR count). The van der Waals surface area contributed by atoms with Gasteiger partial charge in [0.15, 0.2) is 0 Å². The molecule has 6 nitrogen and oxygen atoms in total. The Hall–Kier alpha value is -1.14. The highest BCUT2D eigenvalue weighted by Crippen LogP contribution is 2.11. The molecule has 1 fully saturated rings. The lowest BCUT2D eigenvalue weighted by Gasteiger charge is -2.11. The van der Waals surface area contributed by atoms with Gasteiger partial charge in [0, 0.05) is 6.61 Å². The topological polar surface area (TPSA) is 84.9 Å². The molecule has 1 unspecified atom stereocenters. The molecule has 1 saturated heterocycles. The largest absolute Gasteiger partial charge is 0.480 e. The predicted molar refractivity (Wildman–Crippen MR) is 55.0 cm³/mol. The van der Waals surface area contributed by atoms with Gasteiger partial charge in [0.1, 0.15) is 12.6 Å². The number of carboxylic acid groups (broad SMARTS) is 1. The summed E-state index contributed by atoms with van der Waals surface area (Å²) in [5, 5.41) is 10.9. The fraction of sp³-hybridized carbons (Fsp3) is 0.800. The van der Waals surface area contributed by atoms with Gasteiger partial charge in [-0.05, 0) is 19.8 Å². The monoisotopic (exact) mass is 231 g/mol. The van der Waals surface area contributed by atoms with E-state index < -0.39 is 17.9 Å². The Kier molecular flexibility index (Phi) is 5.21. The lowest BCUT2D eigenvalue weighted by molar-refractivity contribution is -0.142. The molecule has 0 aliphatic carbocycles. The fourth-order valence-electron chi connectivity index (χ4n) is 1.40. The minimum atomic E-state index is -1.06. The molecule has 1 aliphatic rings. The van der Waals surface area contributed by atoms with Crippen LogP contribution >= 0.6 is 0 Å². The van der Waals surface area contributed by atoms with Crippen LogP contribution in [0, 0.1) is 0 Å². The molecule has 0 radical (unpaired) electrons. The van der Waals surface area contributed by atoms with Crippen molar-refractivity contribution in [2.75, 3.05) is 19.8 Å². The zero-order valence-corrected chi connectivity index (χ0v) is 9.27. The summed E-state index contributed by atoms with van der Waals surface area (Å²) in [6, 6.07) is -0.890. The molecule has 16 heavy (non-hydrogen) atoms. The third-order valence-corrected chi connectivity index (χ3v) is 2.31. The quantitative estimate of drug-likeness (QED) is 0.659. The van der Waals surface area contributed by atoms with Gasteiger partial charge in [0.25, 0.3) is 0 Å². The molecule has 2 atom stereocenters. The van der Waals surface area contributed by atoms with Gasteiger partial charge in [-0.1, -0.05) is 0 Å². The van der Waals surface area contributed by atoms with Crippen LogP contribution in [-0.2, 0) is 19.1 Å². The van der Waals surface area contributed by atoms with E-state index in [1.54, 1.807) is 0 Å². The Morgan fingerprint density at radius 1 is 1.62 bits per heavy atom. The number of carbonyl (C=O) groups is 2. The summed E-state index contributed by atoms with van der Waals surface area (Å²) in [5.41, 5.74) is 0. The fourth-order valence-corrected chi connectivity index (χ4v) is 1.40. The number of carbonyl (C=O) groups excluding carboxylic acids is 1. The van der Waals surface area contributed by atoms with Crippen molar-refractivity contribution >= 4 is 11.9 Å². The maximum absolute atomic E-state index is 11.2. The molecule has 92 valence electrons. The van der Waals surface area contributed by atoms with Crippen LogP contribution in [0.3, 0.4) is 0 Å². The summed E-state index contributed by atoms with van der Waals surface area (Å²) in [6.07, 6.45) is 2.05. The third kappa shape index (κ3) is 4.59. The number of aliphatic carboxylic acids is 1. The first kappa shape index (κ1) is 12.9. The summed E-state index contributed by atoms with van der Waals surface area (Å²) in [6.45, 7) is 2.41. The lowest BCUT2D eigenvalue weighted by Crippen LogP contribution is -2.40. The summed E-state index contributed by atoms with van der Waals surface area (Å²) < 4.78 is 10.4. The van der Waals surface area contributed by atoms with Gasteiger partial charge in [0.05, 0.1) is 12.7 Å². The maximum atomic E-state index is 11.2. The van der Waals surface area contributed by atoms with Crippen LogP contribution in [0.4, 0.5) is 0 Å². The number of ether oxygens (including phenoxy) is 2. The summed E-state index contributed by atoms with van der Waals surface area (Å²) in [4.78, 5) is 21.6. The van der Waals surface area contributed by atoms with Crippen molar-refractivity contribution in [3.63, 3.8) is 0 Å². The van der Waals surface area contributed by atoms with Gasteiger partial charge >= 0.3 is 5.97 Å². The number of rotatable bonds is 6. The van der Waals surface area contributed by atoms with Gasteiger partial charge in [0.2, 0.25) is 5.91 Å². The van der Waals surface area contributed by atoms with Crippen LogP contribution in [0.25, 0.3) is 0 Å². The minimum Gasteiger partial charge on any atom is -0.480 e. The Morgan fingerprint density at radius 2 is 2.38 bits per heavy atom. The van der Waals surface area contributed by atoms with E-state index in [2.05, 4.69) is 5.32 Å². The van der Waals surface area contributed by atoms with E-state index in [1.807, 2.05) is 0 Å². The van der Waals surface area contributed by atoms with Gasteiger partial charge in [-0.3, -0.25) is 9.59 Å². The molecule has 0 saturated carbocycles. The number of hydrogen-bond acceptors (Lipinski definition) is 4. The first-order valence-electron chi connectivity index (χ1n) is 5.31. The van der Waals surface area contributed by atoms with E-state index in [1.165, 1.54) is 6.92 Å². The second-order valence-corrected chi connectivity index (χ2v) is 3.78. The average molecular weight is 231 g/mol. The SMILES string of the molecule is C[C@H](NC(=O)COCC1CCCO1)C(=O)O. The highest BCUT2D eigenvalue weighted by molar-refractivity contribution is 5.83. The van der Waals surface area contributed by atoms with Crippen LogP contribution in [0.2, 0.25) is 0 Å². The molecule has 0 bridgehead atoms. The normalized spacial score (nSPS) is 21.7. The first-order chi connectivity index (χ1) is 7.59. The maximum Gasteiger partial charge on any atom is 0.325 e. The Labute approximate surface area is 93.9 Å². The van der Waals surface area contributed by atoms with E-state index in [-0.39, 0.29) is 12.7 Å². The number of carboxylic acids is 1. The Balaban J connectivity index is 2.07. The molecular formula is C10H17NO5. The molecular weight excluding hydrogens is 214 g/mol. The molecule has 0 aromatic heterocycles. The van der Waals surface area contributed by atoms with E-state index in [0.29, 0.717) is 6.61 Å². The number of nitrogens with one attached hydrogen (secondary N) is 1. The summed E-state index contributed by atoms with van der Waals surface area (Å²) in [5.74, 6) is -1.49. The average Bonchev–Trinajstić information content (AvgIpc) is 2.70. The van der Waals surface area contributed by atoms with Crippen molar-refractivity contribution < 1.29 is 24.2 Å². The zero-order valence-electron chi connectivity index (χ0n) is 9.27. The van der Waals surface area contributed by atoms with Gasteiger partial charge in [-0.2, -0.15) is 0 Å². The Morgan fingerprint density at radius 3 is 2.94 bits per heavy atom. The molecule has 0 aromatic carbocycles. The van der Waals surface area contributed by atoms with Crippen LogP contribution in [-0.4, -0.2) is 48.9 Å². The predicted octanol–water partition coefficient (Wildman–Crippen LogP) is -0.229. The summed E-state index contributed by atoms with van der Waals surface area (Å²) in [7, 11) is 0. The van der Waals surface area contributed by atoms with Crippen molar-refractivity contribution in [1.82, 2.24) is 5.32 Å². The lowest BCUT2D eigenvalue weighted by atomic mass is 10.2. The van der Waals surface area contributed by atoms with Crippen molar-refractivity contribution in [2.45, 2.75) is 31.9 Å². The first-order valence-corrected chi connectivity index (χ1v) is 5.31. The molecule has 1 aliphatic heterocycles. The molecule has 0 spiro atoms. The molecule has 1 heterocycles.